The summed E-state index contributed by atoms with van der Waals surface area (Å²) in [7, 11) is 2.14. The van der Waals surface area contributed by atoms with Gasteiger partial charge in [-0.25, -0.2) is 0 Å². The van der Waals surface area contributed by atoms with E-state index in [-0.39, 0.29) is 11.8 Å². The third kappa shape index (κ3) is 3.95. The minimum absolute atomic E-state index is 0.261. The average molecular weight is 255 g/mol. The van der Waals surface area contributed by atoms with Crippen LogP contribution >= 0.6 is 0 Å². The van der Waals surface area contributed by atoms with E-state index in [4.69, 9.17) is 11.5 Å². The second-order valence-electron chi connectivity index (χ2n) is 6.27. The van der Waals surface area contributed by atoms with Gasteiger partial charge in [-0.15, -0.1) is 0 Å². The van der Waals surface area contributed by atoms with Gasteiger partial charge in [0.1, 0.15) is 0 Å². The van der Waals surface area contributed by atoms with Crippen molar-refractivity contribution >= 4 is 5.91 Å². The number of amides is 1. The van der Waals surface area contributed by atoms with Gasteiger partial charge >= 0.3 is 0 Å². The van der Waals surface area contributed by atoms with Gasteiger partial charge in [-0.05, 0) is 57.7 Å². The van der Waals surface area contributed by atoms with Crippen molar-refractivity contribution in [3.05, 3.63) is 0 Å². The van der Waals surface area contributed by atoms with E-state index >= 15 is 0 Å². The topological polar surface area (TPSA) is 72.3 Å². The fourth-order valence-electron chi connectivity index (χ4n) is 2.80. The lowest BCUT2D eigenvalue weighted by atomic mass is 9.85. The lowest BCUT2D eigenvalue weighted by Crippen LogP contribution is -2.55. The van der Waals surface area contributed by atoms with Crippen molar-refractivity contribution in [1.29, 1.82) is 0 Å². The van der Waals surface area contributed by atoms with E-state index < -0.39 is 5.54 Å². The molecule has 106 valence electrons. The summed E-state index contributed by atoms with van der Waals surface area (Å²) in [5.74, 6) is 0.671. The quantitative estimate of drug-likeness (QED) is 0.721. The smallest absolute Gasteiger partial charge is 0.237 e. The van der Waals surface area contributed by atoms with Gasteiger partial charge in [0.2, 0.25) is 5.91 Å². The number of rotatable bonds is 7. The van der Waals surface area contributed by atoms with Crippen LogP contribution in [0, 0.1) is 11.8 Å². The normalized spacial score (nSPS) is 28.2. The third-order valence-electron chi connectivity index (χ3n) is 4.28. The number of hydrogen-bond acceptors (Lipinski definition) is 3. The molecule has 1 aliphatic carbocycles. The van der Waals surface area contributed by atoms with Gasteiger partial charge in [0.05, 0.1) is 5.54 Å². The van der Waals surface area contributed by atoms with Crippen LogP contribution in [0.5, 0.6) is 0 Å². The fourth-order valence-corrected chi connectivity index (χ4v) is 2.80. The summed E-state index contributed by atoms with van der Waals surface area (Å²) in [6, 6.07) is 0. The molecule has 0 heterocycles. The van der Waals surface area contributed by atoms with Gasteiger partial charge in [0.15, 0.2) is 0 Å². The number of carbonyl (C=O) groups excluding carboxylic acids is 1. The van der Waals surface area contributed by atoms with Gasteiger partial charge in [-0.3, -0.25) is 4.79 Å². The second-order valence-corrected chi connectivity index (χ2v) is 6.27. The van der Waals surface area contributed by atoms with Crippen LogP contribution in [0.4, 0.5) is 0 Å². The van der Waals surface area contributed by atoms with Crippen LogP contribution in [0.15, 0.2) is 0 Å². The van der Waals surface area contributed by atoms with Crippen LogP contribution in [-0.2, 0) is 4.79 Å². The molecular formula is C14H29N3O. The number of carbonyl (C=O) groups is 1. The van der Waals surface area contributed by atoms with Crippen LogP contribution in [0.1, 0.15) is 46.0 Å². The van der Waals surface area contributed by atoms with E-state index in [1.54, 1.807) is 0 Å². The molecule has 1 fully saturated rings. The average Bonchev–Trinajstić information content (AvgIpc) is 2.66. The Kier molecular flexibility index (Phi) is 5.60. The first-order valence-corrected chi connectivity index (χ1v) is 7.13. The summed E-state index contributed by atoms with van der Waals surface area (Å²) in [4.78, 5) is 13.8. The molecule has 0 bridgehead atoms. The Hall–Kier alpha value is -0.610. The highest BCUT2D eigenvalue weighted by molar-refractivity contribution is 5.85. The zero-order chi connectivity index (χ0) is 13.8. The molecule has 18 heavy (non-hydrogen) atoms. The van der Waals surface area contributed by atoms with E-state index in [2.05, 4.69) is 25.8 Å². The summed E-state index contributed by atoms with van der Waals surface area (Å²) in [5.41, 5.74) is 10.9. The Morgan fingerprint density at radius 1 is 1.44 bits per heavy atom. The SMILES string of the molecule is CC(C)CCN(C)CCC1CCCC1(N)C(N)=O. The molecule has 1 rings (SSSR count). The molecule has 0 spiro atoms. The van der Waals surface area contributed by atoms with Crippen LogP contribution in [0.3, 0.4) is 0 Å². The zero-order valence-corrected chi connectivity index (χ0v) is 12.1. The van der Waals surface area contributed by atoms with Gasteiger partial charge in [0, 0.05) is 0 Å². The van der Waals surface area contributed by atoms with Crippen molar-refractivity contribution in [2.24, 2.45) is 23.3 Å². The molecule has 2 unspecified atom stereocenters. The predicted molar refractivity (Wildman–Crippen MR) is 75.0 cm³/mol. The summed E-state index contributed by atoms with van der Waals surface area (Å²) in [5, 5.41) is 0. The molecule has 4 N–H and O–H groups in total. The number of primary amides is 1. The van der Waals surface area contributed by atoms with Gasteiger partial charge in [-0.1, -0.05) is 20.3 Å². The largest absolute Gasteiger partial charge is 0.368 e. The molecule has 0 aliphatic heterocycles. The Morgan fingerprint density at radius 3 is 2.67 bits per heavy atom. The fraction of sp³-hybridized carbons (Fsp3) is 0.929. The second kappa shape index (κ2) is 6.53. The molecule has 0 saturated heterocycles. The van der Waals surface area contributed by atoms with Gasteiger partial charge in [0.25, 0.3) is 0 Å². The number of hydrogen-bond donors (Lipinski definition) is 2. The predicted octanol–water partition coefficient (Wildman–Crippen LogP) is 1.34. The maximum atomic E-state index is 11.5. The Labute approximate surface area is 111 Å². The van der Waals surface area contributed by atoms with Crippen LogP contribution in [0.25, 0.3) is 0 Å². The Balaban J connectivity index is 2.36. The molecular weight excluding hydrogens is 226 g/mol. The maximum absolute atomic E-state index is 11.5. The van der Waals surface area contributed by atoms with Crippen molar-refractivity contribution in [2.45, 2.75) is 51.5 Å². The summed E-state index contributed by atoms with van der Waals surface area (Å²) in [6.45, 7) is 6.59. The Morgan fingerprint density at radius 2 is 2.11 bits per heavy atom. The minimum atomic E-state index is -0.751. The molecule has 1 aliphatic rings. The Bertz CT molecular complexity index is 280. The van der Waals surface area contributed by atoms with E-state index in [0.717, 1.165) is 44.7 Å². The monoisotopic (exact) mass is 255 g/mol. The van der Waals surface area contributed by atoms with Crippen molar-refractivity contribution in [2.75, 3.05) is 20.1 Å². The highest BCUT2D eigenvalue weighted by Crippen LogP contribution is 2.35. The van der Waals surface area contributed by atoms with Crippen molar-refractivity contribution in [1.82, 2.24) is 4.90 Å². The van der Waals surface area contributed by atoms with Crippen molar-refractivity contribution in [3.63, 3.8) is 0 Å². The number of nitrogens with two attached hydrogens (primary N) is 2. The molecule has 2 atom stereocenters. The minimum Gasteiger partial charge on any atom is -0.368 e. The highest BCUT2D eigenvalue weighted by atomic mass is 16.1. The van der Waals surface area contributed by atoms with Crippen molar-refractivity contribution in [3.8, 4) is 0 Å². The standard InChI is InChI=1S/C14H29N3O/c1-11(2)6-9-17(3)10-7-12-5-4-8-14(12,16)13(15)18/h11-12H,4-10,16H2,1-3H3,(H2,15,18). The zero-order valence-electron chi connectivity index (χ0n) is 12.1. The first-order valence-electron chi connectivity index (χ1n) is 7.13. The third-order valence-corrected chi connectivity index (χ3v) is 4.28. The molecule has 0 aromatic heterocycles. The molecule has 4 heteroatoms. The van der Waals surface area contributed by atoms with Crippen molar-refractivity contribution < 1.29 is 4.79 Å². The van der Waals surface area contributed by atoms with Crippen LogP contribution in [-0.4, -0.2) is 36.5 Å². The summed E-state index contributed by atoms with van der Waals surface area (Å²) < 4.78 is 0. The molecule has 4 nitrogen and oxygen atoms in total. The lowest BCUT2D eigenvalue weighted by molar-refractivity contribution is -0.124. The first-order chi connectivity index (χ1) is 8.36. The summed E-state index contributed by atoms with van der Waals surface area (Å²) >= 11 is 0. The molecule has 1 amide bonds. The lowest BCUT2D eigenvalue weighted by Gasteiger charge is -2.29. The van der Waals surface area contributed by atoms with E-state index in [9.17, 15) is 4.79 Å². The number of nitrogens with zero attached hydrogens (tertiary/aromatic N) is 1. The first kappa shape index (κ1) is 15.4. The summed E-state index contributed by atoms with van der Waals surface area (Å²) in [6.07, 6.45) is 5.01. The van der Waals surface area contributed by atoms with E-state index in [1.165, 1.54) is 6.42 Å². The highest BCUT2D eigenvalue weighted by Gasteiger charge is 2.43. The van der Waals surface area contributed by atoms with E-state index in [0.29, 0.717) is 0 Å². The maximum Gasteiger partial charge on any atom is 0.237 e. The van der Waals surface area contributed by atoms with Gasteiger partial charge < -0.3 is 16.4 Å². The van der Waals surface area contributed by atoms with Crippen LogP contribution < -0.4 is 11.5 Å². The molecule has 0 aromatic rings. The van der Waals surface area contributed by atoms with Gasteiger partial charge in [-0.2, -0.15) is 0 Å². The molecule has 0 aromatic carbocycles. The van der Waals surface area contributed by atoms with Crippen LogP contribution in [0.2, 0.25) is 0 Å². The molecule has 0 radical (unpaired) electrons. The van der Waals surface area contributed by atoms with E-state index in [1.807, 2.05) is 0 Å². The molecule has 1 saturated carbocycles.